The van der Waals surface area contributed by atoms with Gasteiger partial charge in [0.25, 0.3) is 5.91 Å². The Morgan fingerprint density at radius 3 is 2.65 bits per heavy atom. The number of nitrogens with zero attached hydrogens (tertiary/aromatic N) is 1. The van der Waals surface area contributed by atoms with Crippen molar-refractivity contribution in [3.63, 3.8) is 0 Å². The van der Waals surface area contributed by atoms with Crippen molar-refractivity contribution in [1.82, 2.24) is 5.32 Å². The van der Waals surface area contributed by atoms with Gasteiger partial charge in [0.1, 0.15) is 23.6 Å². The second-order valence-electron chi connectivity index (χ2n) is 9.57. The fraction of sp³-hybridized carbons (Fsp3) is 0.379. The van der Waals surface area contributed by atoms with Gasteiger partial charge in [0.15, 0.2) is 0 Å². The van der Waals surface area contributed by atoms with E-state index < -0.39 is 24.2 Å². The van der Waals surface area contributed by atoms with Crippen molar-refractivity contribution in [2.75, 3.05) is 12.0 Å². The lowest BCUT2D eigenvalue weighted by molar-refractivity contribution is -0.134. The highest BCUT2D eigenvalue weighted by Gasteiger charge is 2.39. The molecule has 0 radical (unpaired) electrons. The number of ether oxygens (including phenoxy) is 2. The molecule has 0 aliphatic carbocycles. The molecule has 1 aliphatic rings. The summed E-state index contributed by atoms with van der Waals surface area (Å²) in [6.07, 6.45) is -1.01. The Hall–Kier alpha value is -3.10. The molecule has 1 heterocycles. The first kappa shape index (κ1) is 26.9. The molecule has 3 aromatic rings. The fourth-order valence-corrected chi connectivity index (χ4v) is 5.28. The van der Waals surface area contributed by atoms with Crippen LogP contribution in [0.15, 0.2) is 53.0 Å². The zero-order chi connectivity index (χ0) is 26.9. The number of anilines is 1. The molecular formula is C29H33BrN2O5. The smallest absolute Gasteiger partial charge is 0.253 e. The predicted molar refractivity (Wildman–Crippen MR) is 148 cm³/mol. The number of benzene rings is 3. The molecule has 0 saturated carbocycles. The van der Waals surface area contributed by atoms with E-state index in [4.69, 9.17) is 9.47 Å². The molecule has 3 aromatic carbocycles. The fourth-order valence-electron chi connectivity index (χ4n) is 4.90. The molecule has 7 nitrogen and oxygen atoms in total. The molecule has 1 aliphatic heterocycles. The van der Waals surface area contributed by atoms with Crippen LogP contribution in [0.5, 0.6) is 11.5 Å². The first-order valence-corrected chi connectivity index (χ1v) is 13.3. The van der Waals surface area contributed by atoms with Gasteiger partial charge in [0.05, 0.1) is 31.4 Å². The molecule has 196 valence electrons. The number of methoxy groups -OCH3 is 1. The van der Waals surface area contributed by atoms with Gasteiger partial charge in [-0.1, -0.05) is 41.1 Å². The molecule has 2 N–H and O–H groups in total. The molecule has 0 aromatic heterocycles. The van der Waals surface area contributed by atoms with Gasteiger partial charge < -0.3 is 24.8 Å². The molecule has 0 bridgehead atoms. The Balaban J connectivity index is 1.81. The molecule has 8 heteroatoms. The van der Waals surface area contributed by atoms with E-state index in [1.807, 2.05) is 62.4 Å². The topological polar surface area (TPSA) is 88.1 Å². The second-order valence-corrected chi connectivity index (χ2v) is 10.5. The van der Waals surface area contributed by atoms with Crippen molar-refractivity contribution in [3.8, 4) is 11.5 Å². The third kappa shape index (κ3) is 5.45. The highest BCUT2D eigenvalue weighted by molar-refractivity contribution is 9.10. The SMILES string of the molecule is CC[C@H](C(=O)N[C@@H]1C(=O)N(Cc2c(OC)ccc3cc(Br)ccc23)c2ccc(C)cc2O[C@H]1C)[C@H](C)O. The van der Waals surface area contributed by atoms with Gasteiger partial charge in [-0.2, -0.15) is 0 Å². The van der Waals surface area contributed by atoms with E-state index >= 15 is 0 Å². The lowest BCUT2D eigenvalue weighted by atomic mass is 9.98. The van der Waals surface area contributed by atoms with Crippen LogP contribution >= 0.6 is 15.9 Å². The Morgan fingerprint density at radius 2 is 1.97 bits per heavy atom. The number of carbonyl (C=O) groups is 2. The van der Waals surface area contributed by atoms with Crippen LogP contribution in [0.4, 0.5) is 5.69 Å². The number of carbonyl (C=O) groups excluding carboxylic acids is 2. The van der Waals surface area contributed by atoms with E-state index in [1.54, 1.807) is 25.9 Å². The van der Waals surface area contributed by atoms with Crippen molar-refractivity contribution in [2.24, 2.45) is 5.92 Å². The summed E-state index contributed by atoms with van der Waals surface area (Å²) in [6.45, 7) is 7.37. The molecule has 0 unspecified atom stereocenters. The number of aliphatic hydroxyl groups excluding tert-OH is 1. The Labute approximate surface area is 225 Å². The second kappa shape index (κ2) is 11.1. The van der Waals surface area contributed by atoms with Crippen LogP contribution in [-0.2, 0) is 16.1 Å². The summed E-state index contributed by atoms with van der Waals surface area (Å²) in [5.74, 6) is -0.0590. The van der Waals surface area contributed by atoms with Crippen LogP contribution in [0.25, 0.3) is 10.8 Å². The third-order valence-corrected chi connectivity index (χ3v) is 7.46. The van der Waals surface area contributed by atoms with Gasteiger partial charge in [0.2, 0.25) is 5.91 Å². The first-order valence-electron chi connectivity index (χ1n) is 12.5. The summed E-state index contributed by atoms with van der Waals surface area (Å²) in [4.78, 5) is 28.9. The highest BCUT2D eigenvalue weighted by Crippen LogP contribution is 2.38. The van der Waals surface area contributed by atoms with Gasteiger partial charge in [-0.25, -0.2) is 0 Å². The van der Waals surface area contributed by atoms with E-state index in [0.29, 0.717) is 23.6 Å². The number of amides is 2. The normalized spacial score (nSPS) is 19.0. The molecule has 0 saturated heterocycles. The van der Waals surface area contributed by atoms with E-state index in [-0.39, 0.29) is 18.4 Å². The van der Waals surface area contributed by atoms with Gasteiger partial charge in [-0.3, -0.25) is 9.59 Å². The van der Waals surface area contributed by atoms with Gasteiger partial charge >= 0.3 is 0 Å². The summed E-state index contributed by atoms with van der Waals surface area (Å²) in [5.41, 5.74) is 2.47. The monoisotopic (exact) mass is 568 g/mol. The van der Waals surface area contributed by atoms with Crippen molar-refractivity contribution >= 4 is 44.2 Å². The van der Waals surface area contributed by atoms with Crippen molar-refractivity contribution in [2.45, 2.75) is 58.9 Å². The Bertz CT molecular complexity index is 1330. The Morgan fingerprint density at radius 1 is 1.22 bits per heavy atom. The lowest BCUT2D eigenvalue weighted by Gasteiger charge is -2.29. The Kier molecular flexibility index (Phi) is 8.09. The number of hydrogen-bond acceptors (Lipinski definition) is 5. The molecule has 37 heavy (non-hydrogen) atoms. The molecular weight excluding hydrogens is 536 g/mol. The minimum Gasteiger partial charge on any atom is -0.496 e. The quantitative estimate of drug-likeness (QED) is 0.412. The number of halogens is 1. The molecule has 2 amide bonds. The maximum absolute atomic E-state index is 14.1. The summed E-state index contributed by atoms with van der Waals surface area (Å²) in [5, 5.41) is 14.9. The van der Waals surface area contributed by atoms with Crippen LogP contribution in [-0.4, -0.2) is 42.3 Å². The van der Waals surface area contributed by atoms with Crippen LogP contribution in [0.3, 0.4) is 0 Å². The van der Waals surface area contributed by atoms with Crippen LogP contribution in [0.1, 0.15) is 38.3 Å². The van der Waals surface area contributed by atoms with Crippen molar-refractivity contribution < 1.29 is 24.2 Å². The van der Waals surface area contributed by atoms with Crippen molar-refractivity contribution in [1.29, 1.82) is 0 Å². The molecule has 0 fully saturated rings. The average Bonchev–Trinajstić information content (AvgIpc) is 2.94. The number of fused-ring (bicyclic) bond motifs is 2. The number of rotatable bonds is 7. The summed E-state index contributed by atoms with van der Waals surface area (Å²) in [6, 6.07) is 14.6. The maximum atomic E-state index is 14.1. The molecule has 0 spiro atoms. The predicted octanol–water partition coefficient (Wildman–Crippen LogP) is 5.13. The summed E-state index contributed by atoms with van der Waals surface area (Å²) >= 11 is 3.53. The largest absolute Gasteiger partial charge is 0.496 e. The molecule has 4 rings (SSSR count). The minimum atomic E-state index is -0.942. The van der Waals surface area contributed by atoms with Gasteiger partial charge in [0, 0.05) is 10.0 Å². The van der Waals surface area contributed by atoms with E-state index in [0.717, 1.165) is 26.4 Å². The zero-order valence-corrected chi connectivity index (χ0v) is 23.3. The summed E-state index contributed by atoms with van der Waals surface area (Å²) < 4.78 is 12.9. The average molecular weight is 569 g/mol. The number of nitrogens with one attached hydrogen (secondary N) is 1. The number of hydrogen-bond donors (Lipinski definition) is 2. The standard InChI is InChI=1S/C29H33BrN2O5/c1-6-21(17(3)33)28(34)31-27-18(4)37-26-13-16(2)7-11-24(26)32(29(27)35)15-23-22-10-9-20(30)14-19(22)8-12-25(23)36-5/h7-14,17-18,21,27,33H,6,15H2,1-5H3,(H,31,34)/t17-,18-,21-,27-/m0/s1. The van der Waals surface area contributed by atoms with E-state index in [1.165, 1.54) is 0 Å². The lowest BCUT2D eigenvalue weighted by Crippen LogP contribution is -2.55. The highest BCUT2D eigenvalue weighted by atomic mass is 79.9. The van der Waals surface area contributed by atoms with E-state index in [9.17, 15) is 14.7 Å². The zero-order valence-electron chi connectivity index (χ0n) is 21.7. The third-order valence-electron chi connectivity index (χ3n) is 6.96. The van der Waals surface area contributed by atoms with Crippen LogP contribution in [0.2, 0.25) is 0 Å². The van der Waals surface area contributed by atoms with Crippen LogP contribution in [0, 0.1) is 12.8 Å². The van der Waals surface area contributed by atoms with Crippen LogP contribution < -0.4 is 19.7 Å². The number of aliphatic hydroxyl groups is 1. The number of aryl methyl sites for hydroxylation is 1. The van der Waals surface area contributed by atoms with E-state index in [2.05, 4.69) is 21.2 Å². The summed E-state index contributed by atoms with van der Waals surface area (Å²) in [7, 11) is 1.61. The molecule has 4 atom stereocenters. The maximum Gasteiger partial charge on any atom is 0.253 e. The first-order chi connectivity index (χ1) is 17.6. The minimum absolute atomic E-state index is 0.215. The van der Waals surface area contributed by atoms with Gasteiger partial charge in [-0.15, -0.1) is 0 Å². The van der Waals surface area contributed by atoms with Gasteiger partial charge in [-0.05, 0) is 73.9 Å². The van der Waals surface area contributed by atoms with Crippen molar-refractivity contribution in [3.05, 3.63) is 64.1 Å².